The van der Waals surface area contributed by atoms with Gasteiger partial charge in [0.1, 0.15) is 6.61 Å². The van der Waals surface area contributed by atoms with Crippen molar-refractivity contribution >= 4 is 5.91 Å². The van der Waals surface area contributed by atoms with Crippen LogP contribution in [0.15, 0.2) is 24.3 Å². The molecular weight excluding hydrogens is 238 g/mol. The number of carbonyl (C=O) groups excluding carboxylic acids is 1. The molecule has 1 aromatic rings. The molecule has 100 valence electrons. The van der Waals surface area contributed by atoms with E-state index in [9.17, 15) is 4.79 Å². The lowest BCUT2D eigenvalue weighted by atomic mass is 9.84. The van der Waals surface area contributed by atoms with Gasteiger partial charge in [0.05, 0.1) is 6.04 Å². The number of hydrogen-bond acceptors (Lipinski definition) is 2. The Morgan fingerprint density at radius 1 is 1.53 bits per heavy atom. The fraction of sp³-hybridized carbons (Fsp3) is 0.438. The topological polar surface area (TPSA) is 49.3 Å². The fourth-order valence-corrected chi connectivity index (χ4v) is 2.11. The summed E-state index contributed by atoms with van der Waals surface area (Å²) in [7, 11) is 0. The third kappa shape index (κ3) is 3.59. The molecule has 1 aliphatic rings. The summed E-state index contributed by atoms with van der Waals surface area (Å²) in [5, 5.41) is 11.7. The second kappa shape index (κ2) is 6.40. The summed E-state index contributed by atoms with van der Waals surface area (Å²) < 4.78 is 0. The number of nitrogens with one attached hydrogen (secondary N) is 1. The molecule has 3 nitrogen and oxygen atoms in total. The molecule has 3 heteroatoms. The number of amides is 1. The van der Waals surface area contributed by atoms with Gasteiger partial charge in [-0.15, -0.1) is 0 Å². The Balaban J connectivity index is 2.01. The van der Waals surface area contributed by atoms with Crippen molar-refractivity contribution in [3.63, 3.8) is 0 Å². The fourth-order valence-electron chi connectivity index (χ4n) is 2.11. The number of benzene rings is 1. The molecule has 0 bridgehead atoms. The predicted octanol–water partition coefficient (Wildman–Crippen LogP) is 2.01. The SMILES string of the molecule is CC(NC(=O)C1CCC1)c1cccc(C#CCO)c1. The Kier molecular flexibility index (Phi) is 4.59. The maximum atomic E-state index is 11.9. The Morgan fingerprint density at radius 3 is 2.95 bits per heavy atom. The average molecular weight is 257 g/mol. The zero-order valence-electron chi connectivity index (χ0n) is 11.1. The third-order valence-corrected chi connectivity index (χ3v) is 3.53. The standard InChI is InChI=1S/C16H19NO2/c1-12(17-16(19)14-7-3-8-14)15-9-2-5-13(11-15)6-4-10-18/h2,5,9,11-12,14,18H,3,7-8,10H2,1H3,(H,17,19). The van der Waals surface area contributed by atoms with E-state index in [2.05, 4.69) is 17.2 Å². The van der Waals surface area contributed by atoms with Gasteiger partial charge in [-0.25, -0.2) is 0 Å². The summed E-state index contributed by atoms with van der Waals surface area (Å²) in [5.41, 5.74) is 1.90. The monoisotopic (exact) mass is 257 g/mol. The molecule has 0 aromatic heterocycles. The maximum Gasteiger partial charge on any atom is 0.223 e. The van der Waals surface area contributed by atoms with Crippen molar-refractivity contribution in [2.75, 3.05) is 6.61 Å². The van der Waals surface area contributed by atoms with E-state index in [1.165, 1.54) is 6.42 Å². The van der Waals surface area contributed by atoms with Crippen LogP contribution >= 0.6 is 0 Å². The Hall–Kier alpha value is -1.79. The van der Waals surface area contributed by atoms with Gasteiger partial charge < -0.3 is 10.4 Å². The van der Waals surface area contributed by atoms with Crippen LogP contribution in [0.5, 0.6) is 0 Å². The lowest BCUT2D eigenvalue weighted by Crippen LogP contribution is -2.35. The molecule has 1 aliphatic carbocycles. The summed E-state index contributed by atoms with van der Waals surface area (Å²) in [5.74, 6) is 5.87. The van der Waals surface area contributed by atoms with Crippen molar-refractivity contribution in [2.24, 2.45) is 5.92 Å². The van der Waals surface area contributed by atoms with Crippen molar-refractivity contribution in [3.05, 3.63) is 35.4 Å². The average Bonchev–Trinajstić information content (AvgIpc) is 2.34. The molecule has 1 saturated carbocycles. The van der Waals surface area contributed by atoms with Crippen LogP contribution in [0.25, 0.3) is 0 Å². The molecule has 1 unspecified atom stereocenters. The Bertz CT molecular complexity index is 509. The van der Waals surface area contributed by atoms with Crippen molar-refractivity contribution in [1.29, 1.82) is 0 Å². The predicted molar refractivity (Wildman–Crippen MR) is 74.3 cm³/mol. The first-order valence-corrected chi connectivity index (χ1v) is 6.71. The number of rotatable bonds is 3. The second-order valence-electron chi connectivity index (χ2n) is 4.94. The van der Waals surface area contributed by atoms with Crippen LogP contribution < -0.4 is 5.32 Å². The van der Waals surface area contributed by atoms with E-state index in [0.717, 1.165) is 24.0 Å². The molecule has 0 saturated heterocycles. The van der Waals surface area contributed by atoms with E-state index < -0.39 is 0 Å². The van der Waals surface area contributed by atoms with Gasteiger partial charge in [-0.2, -0.15) is 0 Å². The van der Waals surface area contributed by atoms with E-state index in [-0.39, 0.29) is 24.5 Å². The van der Waals surface area contributed by atoms with E-state index in [4.69, 9.17) is 5.11 Å². The van der Waals surface area contributed by atoms with Gasteiger partial charge in [-0.3, -0.25) is 4.79 Å². The molecule has 2 rings (SSSR count). The summed E-state index contributed by atoms with van der Waals surface area (Å²) in [6.07, 6.45) is 3.19. The van der Waals surface area contributed by atoms with Gasteiger partial charge in [0.15, 0.2) is 0 Å². The quantitative estimate of drug-likeness (QED) is 0.814. The van der Waals surface area contributed by atoms with Gasteiger partial charge in [0.25, 0.3) is 0 Å². The molecule has 1 amide bonds. The number of aliphatic hydroxyl groups is 1. The summed E-state index contributed by atoms with van der Waals surface area (Å²) in [6, 6.07) is 7.74. The van der Waals surface area contributed by atoms with Crippen LogP contribution in [0.3, 0.4) is 0 Å². The Labute approximate surface area is 114 Å². The van der Waals surface area contributed by atoms with Crippen molar-refractivity contribution in [1.82, 2.24) is 5.32 Å². The molecule has 0 spiro atoms. The van der Waals surface area contributed by atoms with Crippen LogP contribution in [0.1, 0.15) is 43.4 Å². The van der Waals surface area contributed by atoms with Gasteiger partial charge in [0.2, 0.25) is 5.91 Å². The number of aliphatic hydroxyl groups excluding tert-OH is 1. The van der Waals surface area contributed by atoms with Crippen LogP contribution in [-0.2, 0) is 4.79 Å². The van der Waals surface area contributed by atoms with Crippen LogP contribution in [0.2, 0.25) is 0 Å². The van der Waals surface area contributed by atoms with Gasteiger partial charge in [-0.05, 0) is 37.5 Å². The highest BCUT2D eigenvalue weighted by atomic mass is 16.2. The zero-order chi connectivity index (χ0) is 13.7. The van der Waals surface area contributed by atoms with Crippen molar-refractivity contribution in [2.45, 2.75) is 32.2 Å². The lowest BCUT2D eigenvalue weighted by molar-refractivity contribution is -0.128. The van der Waals surface area contributed by atoms with Crippen LogP contribution in [0.4, 0.5) is 0 Å². The van der Waals surface area contributed by atoms with E-state index >= 15 is 0 Å². The second-order valence-corrected chi connectivity index (χ2v) is 4.94. The van der Waals surface area contributed by atoms with Crippen LogP contribution in [0, 0.1) is 17.8 Å². The zero-order valence-corrected chi connectivity index (χ0v) is 11.1. The summed E-state index contributed by atoms with van der Waals surface area (Å²) in [4.78, 5) is 11.9. The highest BCUT2D eigenvalue weighted by Gasteiger charge is 2.26. The van der Waals surface area contributed by atoms with Gasteiger partial charge in [0, 0.05) is 11.5 Å². The molecule has 0 heterocycles. The first-order valence-electron chi connectivity index (χ1n) is 6.71. The van der Waals surface area contributed by atoms with Crippen molar-refractivity contribution < 1.29 is 9.90 Å². The molecule has 0 aliphatic heterocycles. The maximum absolute atomic E-state index is 11.9. The van der Waals surface area contributed by atoms with Gasteiger partial charge in [-0.1, -0.05) is 30.4 Å². The molecular formula is C16H19NO2. The highest BCUT2D eigenvalue weighted by molar-refractivity contribution is 5.79. The molecule has 19 heavy (non-hydrogen) atoms. The van der Waals surface area contributed by atoms with Gasteiger partial charge >= 0.3 is 0 Å². The van der Waals surface area contributed by atoms with E-state index in [1.807, 2.05) is 31.2 Å². The first-order chi connectivity index (χ1) is 9.20. The molecule has 1 fully saturated rings. The summed E-state index contributed by atoms with van der Waals surface area (Å²) >= 11 is 0. The third-order valence-electron chi connectivity index (χ3n) is 3.53. The highest BCUT2D eigenvalue weighted by Crippen LogP contribution is 2.27. The van der Waals surface area contributed by atoms with Crippen molar-refractivity contribution in [3.8, 4) is 11.8 Å². The number of hydrogen-bond donors (Lipinski definition) is 2. The minimum atomic E-state index is -0.141. The normalized spacial score (nSPS) is 15.9. The largest absolute Gasteiger partial charge is 0.384 e. The van der Waals surface area contributed by atoms with Crippen LogP contribution in [-0.4, -0.2) is 17.6 Å². The number of carbonyl (C=O) groups is 1. The summed E-state index contributed by atoms with van der Waals surface area (Å²) in [6.45, 7) is 1.84. The molecule has 0 radical (unpaired) electrons. The van der Waals surface area contributed by atoms with E-state index in [1.54, 1.807) is 0 Å². The molecule has 2 N–H and O–H groups in total. The minimum absolute atomic E-state index is 0.0102. The lowest BCUT2D eigenvalue weighted by Gasteiger charge is -2.26. The molecule has 1 aromatic carbocycles. The Morgan fingerprint density at radius 2 is 2.32 bits per heavy atom. The minimum Gasteiger partial charge on any atom is -0.384 e. The first kappa shape index (κ1) is 13.6. The van der Waals surface area contributed by atoms with E-state index in [0.29, 0.717) is 0 Å². The smallest absolute Gasteiger partial charge is 0.223 e. The molecule has 1 atom stereocenters.